The first-order chi connectivity index (χ1) is 12.0. The van der Waals surface area contributed by atoms with Crippen molar-refractivity contribution < 1.29 is 9.59 Å². The first-order valence-electron chi connectivity index (χ1n) is 9.47. The van der Waals surface area contributed by atoms with Gasteiger partial charge in [0.05, 0.1) is 6.54 Å². The Bertz CT molecular complexity index is 617. The highest BCUT2D eigenvalue weighted by atomic mass is 16.2. The van der Waals surface area contributed by atoms with E-state index in [1.54, 1.807) is 18.2 Å². The van der Waals surface area contributed by atoms with Gasteiger partial charge in [-0.1, -0.05) is 26.3 Å². The molecule has 0 aromatic heterocycles. The number of hydrogen-bond donors (Lipinski definition) is 3. The molecule has 5 heteroatoms. The molecule has 0 spiro atoms. The molecule has 2 aliphatic carbocycles. The molecule has 2 aliphatic rings. The van der Waals surface area contributed by atoms with Gasteiger partial charge in [0.15, 0.2) is 0 Å². The molecule has 136 valence electrons. The number of benzene rings is 1. The van der Waals surface area contributed by atoms with Crippen LogP contribution in [0.4, 0.5) is 5.69 Å². The van der Waals surface area contributed by atoms with E-state index in [4.69, 9.17) is 0 Å². The molecule has 1 aromatic carbocycles. The van der Waals surface area contributed by atoms with Crippen LogP contribution in [0.25, 0.3) is 0 Å². The topological polar surface area (TPSA) is 70.2 Å². The summed E-state index contributed by atoms with van der Waals surface area (Å²) in [5.74, 6) is 1.07. The monoisotopic (exact) mass is 343 g/mol. The number of carbonyl (C=O) groups excluding carboxylic acids is 2. The second kappa shape index (κ2) is 8.00. The molecule has 1 aromatic rings. The molecule has 3 N–H and O–H groups in total. The lowest BCUT2D eigenvalue weighted by atomic mass is 9.79. The van der Waals surface area contributed by atoms with Gasteiger partial charge in [-0.05, 0) is 55.7 Å². The van der Waals surface area contributed by atoms with Gasteiger partial charge in [-0.25, -0.2) is 0 Å². The molecule has 0 heterocycles. The van der Waals surface area contributed by atoms with Crippen molar-refractivity contribution in [3.05, 3.63) is 29.8 Å². The van der Waals surface area contributed by atoms with Crippen molar-refractivity contribution in [1.29, 1.82) is 0 Å². The van der Waals surface area contributed by atoms with Crippen LogP contribution in [0.1, 0.15) is 56.3 Å². The number of amides is 2. The summed E-state index contributed by atoms with van der Waals surface area (Å²) in [6, 6.07) is 7.86. The molecule has 3 rings (SSSR count). The summed E-state index contributed by atoms with van der Waals surface area (Å²) in [6.45, 7) is 4.82. The maximum absolute atomic E-state index is 12.3. The number of carbonyl (C=O) groups is 2. The Hall–Kier alpha value is -1.88. The molecular formula is C20H29N3O2. The zero-order valence-corrected chi connectivity index (χ0v) is 15.2. The van der Waals surface area contributed by atoms with Gasteiger partial charge in [0, 0.05) is 23.3 Å². The summed E-state index contributed by atoms with van der Waals surface area (Å²) in [5.41, 5.74) is 1.26. The highest BCUT2D eigenvalue weighted by Crippen LogP contribution is 2.28. The third-order valence-corrected chi connectivity index (χ3v) is 5.36. The van der Waals surface area contributed by atoms with Crippen molar-refractivity contribution in [3.8, 4) is 0 Å². The zero-order valence-electron chi connectivity index (χ0n) is 15.2. The quantitative estimate of drug-likeness (QED) is 0.744. The minimum Gasteiger partial charge on any atom is -0.349 e. The highest BCUT2D eigenvalue weighted by molar-refractivity contribution is 5.97. The standard InChI is InChI=1S/C20H29N3O2/c1-13-5-3-6-14(2)19(13)21-12-18(24)22-17-8-4-7-15(11-17)20(25)23-16-9-10-16/h4,7-8,11,13-14,16,19,21H,3,5-6,9-10,12H2,1-2H3,(H,22,24)(H,23,25)/t13-,14+,19?. The number of anilines is 1. The Morgan fingerprint density at radius 2 is 1.80 bits per heavy atom. The second-order valence-electron chi connectivity index (χ2n) is 7.67. The molecular weight excluding hydrogens is 314 g/mol. The van der Waals surface area contributed by atoms with Crippen molar-refractivity contribution in [2.75, 3.05) is 11.9 Å². The van der Waals surface area contributed by atoms with Crippen LogP contribution < -0.4 is 16.0 Å². The number of rotatable bonds is 6. The smallest absolute Gasteiger partial charge is 0.251 e. The Morgan fingerprint density at radius 1 is 1.08 bits per heavy atom. The molecule has 2 amide bonds. The van der Waals surface area contributed by atoms with E-state index in [0.717, 1.165) is 12.8 Å². The summed E-state index contributed by atoms with van der Waals surface area (Å²) in [4.78, 5) is 24.4. The molecule has 3 atom stereocenters. The predicted octanol–water partition coefficient (Wildman–Crippen LogP) is 2.93. The van der Waals surface area contributed by atoms with Gasteiger partial charge < -0.3 is 16.0 Å². The largest absolute Gasteiger partial charge is 0.349 e. The minimum atomic E-state index is -0.0680. The van der Waals surface area contributed by atoms with E-state index >= 15 is 0 Å². The molecule has 25 heavy (non-hydrogen) atoms. The molecule has 5 nitrogen and oxygen atoms in total. The van der Waals surface area contributed by atoms with Crippen molar-refractivity contribution in [3.63, 3.8) is 0 Å². The average molecular weight is 343 g/mol. The lowest BCUT2D eigenvalue weighted by Crippen LogP contribution is -2.45. The Kier molecular flexibility index (Phi) is 5.74. The Labute approximate surface area is 150 Å². The van der Waals surface area contributed by atoms with Gasteiger partial charge in [0.25, 0.3) is 5.91 Å². The first-order valence-corrected chi connectivity index (χ1v) is 9.47. The fourth-order valence-electron chi connectivity index (χ4n) is 3.73. The maximum Gasteiger partial charge on any atom is 0.251 e. The molecule has 0 aliphatic heterocycles. The third-order valence-electron chi connectivity index (χ3n) is 5.36. The summed E-state index contributed by atoms with van der Waals surface area (Å²) in [6.07, 6.45) is 5.85. The predicted molar refractivity (Wildman–Crippen MR) is 99.5 cm³/mol. The van der Waals surface area contributed by atoms with Crippen LogP contribution in [0.5, 0.6) is 0 Å². The molecule has 2 fully saturated rings. The van der Waals surface area contributed by atoms with Crippen LogP contribution in [0.15, 0.2) is 24.3 Å². The average Bonchev–Trinajstić information content (AvgIpc) is 3.38. The summed E-state index contributed by atoms with van der Waals surface area (Å²) < 4.78 is 0. The Morgan fingerprint density at radius 3 is 2.48 bits per heavy atom. The molecule has 2 saturated carbocycles. The van der Waals surface area contributed by atoms with Gasteiger partial charge >= 0.3 is 0 Å². The van der Waals surface area contributed by atoms with Gasteiger partial charge in [-0.2, -0.15) is 0 Å². The lowest BCUT2D eigenvalue weighted by molar-refractivity contribution is -0.115. The van der Waals surface area contributed by atoms with Crippen molar-refractivity contribution in [1.82, 2.24) is 10.6 Å². The first kappa shape index (κ1) is 17.9. The number of nitrogens with one attached hydrogen (secondary N) is 3. The van der Waals surface area contributed by atoms with Crippen LogP contribution in [-0.2, 0) is 4.79 Å². The number of hydrogen-bond acceptors (Lipinski definition) is 3. The molecule has 0 radical (unpaired) electrons. The lowest BCUT2D eigenvalue weighted by Gasteiger charge is -2.35. The van der Waals surface area contributed by atoms with Crippen molar-refractivity contribution >= 4 is 17.5 Å². The SMILES string of the molecule is C[C@@H]1CCC[C@H](C)C1NCC(=O)Nc1cccc(C(=O)NC2CC2)c1. The van der Waals surface area contributed by atoms with E-state index < -0.39 is 0 Å². The van der Waals surface area contributed by atoms with Crippen LogP contribution >= 0.6 is 0 Å². The van der Waals surface area contributed by atoms with Gasteiger partial charge in [-0.3, -0.25) is 9.59 Å². The zero-order chi connectivity index (χ0) is 17.8. The Balaban J connectivity index is 1.51. The summed E-state index contributed by atoms with van der Waals surface area (Å²) in [7, 11) is 0. The normalized spacial score (nSPS) is 26.1. The van der Waals surface area contributed by atoms with E-state index in [2.05, 4.69) is 29.8 Å². The fourth-order valence-corrected chi connectivity index (χ4v) is 3.73. The van der Waals surface area contributed by atoms with Crippen LogP contribution in [0.2, 0.25) is 0 Å². The molecule has 0 bridgehead atoms. The van der Waals surface area contributed by atoms with E-state index in [9.17, 15) is 9.59 Å². The van der Waals surface area contributed by atoms with Crippen LogP contribution in [0, 0.1) is 11.8 Å². The second-order valence-corrected chi connectivity index (χ2v) is 7.67. The fraction of sp³-hybridized carbons (Fsp3) is 0.600. The highest BCUT2D eigenvalue weighted by Gasteiger charge is 2.27. The summed E-state index contributed by atoms with van der Waals surface area (Å²) >= 11 is 0. The van der Waals surface area contributed by atoms with E-state index in [1.165, 1.54) is 19.3 Å². The van der Waals surface area contributed by atoms with Crippen molar-refractivity contribution in [2.24, 2.45) is 11.8 Å². The van der Waals surface area contributed by atoms with Crippen LogP contribution in [-0.4, -0.2) is 30.4 Å². The minimum absolute atomic E-state index is 0.0651. The summed E-state index contributed by atoms with van der Waals surface area (Å²) in [5, 5.41) is 9.28. The van der Waals surface area contributed by atoms with E-state index in [1.807, 2.05) is 6.07 Å². The van der Waals surface area contributed by atoms with Crippen LogP contribution in [0.3, 0.4) is 0 Å². The van der Waals surface area contributed by atoms with Crippen molar-refractivity contribution in [2.45, 2.75) is 58.0 Å². The molecule has 1 unspecified atom stereocenters. The molecule has 0 saturated heterocycles. The van der Waals surface area contributed by atoms with Gasteiger partial charge in [0.2, 0.25) is 5.91 Å². The maximum atomic E-state index is 12.3. The third kappa shape index (κ3) is 5.05. The van der Waals surface area contributed by atoms with Gasteiger partial charge in [-0.15, -0.1) is 0 Å². The van der Waals surface area contributed by atoms with E-state index in [-0.39, 0.29) is 11.8 Å². The van der Waals surface area contributed by atoms with Gasteiger partial charge in [0.1, 0.15) is 0 Å². The van der Waals surface area contributed by atoms with E-state index in [0.29, 0.717) is 41.7 Å².